The molecule has 1 atom stereocenters. The first-order chi connectivity index (χ1) is 10.9. The molecule has 2 aromatic carbocycles. The van der Waals surface area contributed by atoms with Crippen molar-refractivity contribution in [2.45, 2.75) is 20.0 Å². The minimum Gasteiger partial charge on any atom is -0.285 e. The van der Waals surface area contributed by atoms with Gasteiger partial charge in [-0.15, -0.1) is 0 Å². The monoisotopic (exact) mass is 348 g/mol. The predicted octanol–water partition coefficient (Wildman–Crippen LogP) is 4.41. The van der Waals surface area contributed by atoms with Gasteiger partial charge in [0.2, 0.25) is 11.8 Å². The summed E-state index contributed by atoms with van der Waals surface area (Å²) in [5.74, 6) is -0.371. The number of carbonyl (C=O) groups excluding carboxylic acids is 2. The number of benzene rings is 2. The van der Waals surface area contributed by atoms with Gasteiger partial charge < -0.3 is 0 Å². The zero-order chi connectivity index (χ0) is 16.7. The Kier molecular flexibility index (Phi) is 4.04. The zero-order valence-corrected chi connectivity index (χ0v) is 14.1. The van der Waals surface area contributed by atoms with E-state index in [-0.39, 0.29) is 11.8 Å². The summed E-state index contributed by atoms with van der Waals surface area (Å²) < 4.78 is 0. The molecule has 1 unspecified atom stereocenters. The third-order valence-corrected chi connectivity index (χ3v) is 4.39. The van der Waals surface area contributed by atoms with Crippen molar-refractivity contribution in [2.75, 3.05) is 9.80 Å². The first kappa shape index (κ1) is 15.8. The highest BCUT2D eigenvalue weighted by Crippen LogP contribution is 2.48. The molecule has 0 saturated heterocycles. The summed E-state index contributed by atoms with van der Waals surface area (Å²) in [6.07, 6.45) is -0.618. The molecule has 1 aliphatic rings. The largest absolute Gasteiger partial charge is 0.285 e. The molecular weight excluding hydrogens is 335 g/mol. The molecular formula is C17H14Cl2N2O2. The van der Waals surface area contributed by atoms with E-state index in [9.17, 15) is 9.59 Å². The highest BCUT2D eigenvalue weighted by molar-refractivity contribution is 6.32. The van der Waals surface area contributed by atoms with Crippen LogP contribution in [-0.4, -0.2) is 11.8 Å². The van der Waals surface area contributed by atoms with E-state index in [0.29, 0.717) is 27.0 Å². The van der Waals surface area contributed by atoms with Gasteiger partial charge in [-0.25, -0.2) is 0 Å². The van der Waals surface area contributed by atoms with Crippen molar-refractivity contribution in [1.29, 1.82) is 0 Å². The van der Waals surface area contributed by atoms with E-state index in [0.717, 1.165) is 0 Å². The van der Waals surface area contributed by atoms with E-state index in [1.54, 1.807) is 40.1 Å². The van der Waals surface area contributed by atoms with Crippen molar-refractivity contribution in [2.24, 2.45) is 0 Å². The Balaban J connectivity index is 2.27. The lowest BCUT2D eigenvalue weighted by atomic mass is 10.1. The van der Waals surface area contributed by atoms with Gasteiger partial charge in [-0.1, -0.05) is 41.4 Å². The van der Waals surface area contributed by atoms with Crippen molar-refractivity contribution in [1.82, 2.24) is 0 Å². The number of amides is 2. The van der Waals surface area contributed by atoms with Crippen LogP contribution >= 0.6 is 23.2 Å². The summed E-state index contributed by atoms with van der Waals surface area (Å²) in [6, 6.07) is 12.3. The van der Waals surface area contributed by atoms with E-state index < -0.39 is 6.17 Å². The van der Waals surface area contributed by atoms with Crippen LogP contribution in [0, 0.1) is 0 Å². The summed E-state index contributed by atoms with van der Waals surface area (Å²) in [5.41, 5.74) is 1.93. The van der Waals surface area contributed by atoms with Gasteiger partial charge in [0.15, 0.2) is 0 Å². The topological polar surface area (TPSA) is 40.6 Å². The molecule has 0 saturated carbocycles. The van der Waals surface area contributed by atoms with Crippen LogP contribution < -0.4 is 9.80 Å². The molecule has 0 fully saturated rings. The van der Waals surface area contributed by atoms with Crippen molar-refractivity contribution in [3.8, 4) is 0 Å². The normalized spacial score (nSPS) is 16.4. The quantitative estimate of drug-likeness (QED) is 0.765. The molecule has 4 nitrogen and oxygen atoms in total. The second-order valence-electron chi connectivity index (χ2n) is 5.31. The zero-order valence-electron chi connectivity index (χ0n) is 12.6. The summed E-state index contributed by atoms with van der Waals surface area (Å²) in [4.78, 5) is 27.7. The van der Waals surface area contributed by atoms with Crippen LogP contribution in [0.3, 0.4) is 0 Å². The molecule has 1 heterocycles. The molecule has 23 heavy (non-hydrogen) atoms. The number of rotatable bonds is 1. The standard InChI is InChI=1S/C17H14Cl2N2O2/c1-10(22)20-15-8-7-12(18)9-16(15)21(11(2)23)17(20)13-5-3-4-6-14(13)19/h3-9,17H,1-2H3. The highest BCUT2D eigenvalue weighted by Gasteiger charge is 2.42. The van der Waals surface area contributed by atoms with Gasteiger partial charge in [-0.3, -0.25) is 19.4 Å². The van der Waals surface area contributed by atoms with Gasteiger partial charge in [0.25, 0.3) is 0 Å². The van der Waals surface area contributed by atoms with Crippen LogP contribution in [0.4, 0.5) is 11.4 Å². The molecule has 0 aromatic heterocycles. The summed E-state index contributed by atoms with van der Waals surface area (Å²) in [6.45, 7) is 2.92. The summed E-state index contributed by atoms with van der Waals surface area (Å²) in [5, 5.41) is 0.993. The van der Waals surface area contributed by atoms with Crippen LogP contribution in [0.1, 0.15) is 25.6 Å². The van der Waals surface area contributed by atoms with Crippen LogP contribution in [0.5, 0.6) is 0 Å². The SMILES string of the molecule is CC(=O)N1c2ccc(Cl)cc2N(C(C)=O)C1c1ccccc1Cl. The fourth-order valence-electron chi connectivity index (χ4n) is 2.92. The average Bonchev–Trinajstić information content (AvgIpc) is 2.81. The number of anilines is 2. The van der Waals surface area contributed by atoms with Gasteiger partial charge >= 0.3 is 0 Å². The molecule has 0 aliphatic carbocycles. The summed E-state index contributed by atoms with van der Waals surface area (Å²) in [7, 11) is 0. The Labute approximate surface area is 144 Å². The third-order valence-electron chi connectivity index (χ3n) is 3.81. The van der Waals surface area contributed by atoms with Crippen LogP contribution in [-0.2, 0) is 9.59 Å². The number of carbonyl (C=O) groups is 2. The number of hydrogen-bond acceptors (Lipinski definition) is 2. The second kappa shape index (κ2) is 5.87. The number of halogens is 2. The average molecular weight is 349 g/mol. The molecule has 2 amide bonds. The Bertz CT molecular complexity index is 807. The van der Waals surface area contributed by atoms with Crippen LogP contribution in [0.25, 0.3) is 0 Å². The van der Waals surface area contributed by atoms with E-state index >= 15 is 0 Å². The van der Waals surface area contributed by atoms with E-state index in [2.05, 4.69) is 0 Å². The lowest BCUT2D eigenvalue weighted by Gasteiger charge is -2.30. The maximum absolute atomic E-state index is 12.3. The highest BCUT2D eigenvalue weighted by atomic mass is 35.5. The van der Waals surface area contributed by atoms with Crippen molar-refractivity contribution in [3.05, 3.63) is 58.1 Å². The Morgan fingerprint density at radius 1 is 0.913 bits per heavy atom. The number of nitrogens with zero attached hydrogens (tertiary/aromatic N) is 2. The molecule has 0 N–H and O–H groups in total. The van der Waals surface area contributed by atoms with Gasteiger partial charge in [-0.05, 0) is 24.3 Å². The van der Waals surface area contributed by atoms with E-state index in [4.69, 9.17) is 23.2 Å². The number of hydrogen-bond donors (Lipinski definition) is 0. The van der Waals surface area contributed by atoms with E-state index in [1.807, 2.05) is 12.1 Å². The minimum atomic E-state index is -0.618. The van der Waals surface area contributed by atoms with Gasteiger partial charge in [-0.2, -0.15) is 0 Å². The third kappa shape index (κ3) is 2.58. The Morgan fingerprint density at radius 3 is 2.13 bits per heavy atom. The Morgan fingerprint density at radius 2 is 1.52 bits per heavy atom. The predicted molar refractivity (Wildman–Crippen MR) is 92.0 cm³/mol. The fourth-order valence-corrected chi connectivity index (χ4v) is 3.32. The minimum absolute atomic E-state index is 0.178. The van der Waals surface area contributed by atoms with E-state index in [1.165, 1.54) is 13.8 Å². The molecule has 1 aliphatic heterocycles. The molecule has 0 bridgehead atoms. The number of fused-ring (bicyclic) bond motifs is 1. The second-order valence-corrected chi connectivity index (χ2v) is 6.15. The van der Waals surface area contributed by atoms with Crippen molar-refractivity contribution >= 4 is 46.4 Å². The Hall–Kier alpha value is -2.04. The van der Waals surface area contributed by atoms with Crippen molar-refractivity contribution < 1.29 is 9.59 Å². The molecule has 0 radical (unpaired) electrons. The van der Waals surface area contributed by atoms with Crippen molar-refractivity contribution in [3.63, 3.8) is 0 Å². The lowest BCUT2D eigenvalue weighted by Crippen LogP contribution is -2.40. The van der Waals surface area contributed by atoms with Gasteiger partial charge in [0.1, 0.15) is 6.17 Å². The smallest absolute Gasteiger partial charge is 0.225 e. The maximum Gasteiger partial charge on any atom is 0.225 e. The van der Waals surface area contributed by atoms with Crippen LogP contribution in [0.15, 0.2) is 42.5 Å². The first-order valence-corrected chi connectivity index (χ1v) is 7.81. The first-order valence-electron chi connectivity index (χ1n) is 7.05. The molecule has 2 aromatic rings. The molecule has 3 rings (SSSR count). The molecule has 0 spiro atoms. The lowest BCUT2D eigenvalue weighted by molar-refractivity contribution is -0.118. The summed E-state index contributed by atoms with van der Waals surface area (Å²) >= 11 is 12.4. The molecule has 118 valence electrons. The van der Waals surface area contributed by atoms with Gasteiger partial charge in [0.05, 0.1) is 11.4 Å². The fraction of sp³-hybridized carbons (Fsp3) is 0.176. The van der Waals surface area contributed by atoms with Crippen LogP contribution in [0.2, 0.25) is 10.0 Å². The van der Waals surface area contributed by atoms with Gasteiger partial charge in [0, 0.05) is 29.5 Å². The maximum atomic E-state index is 12.3. The molecule has 6 heteroatoms.